The highest BCUT2D eigenvalue weighted by molar-refractivity contribution is 5.83. The lowest BCUT2D eigenvalue weighted by Crippen LogP contribution is -2.49. The van der Waals surface area contributed by atoms with Crippen LogP contribution < -0.4 is 16.4 Å². The number of urea groups is 1. The second kappa shape index (κ2) is 8.73. The maximum absolute atomic E-state index is 11.5. The van der Waals surface area contributed by atoms with E-state index in [2.05, 4.69) is 15.4 Å². The van der Waals surface area contributed by atoms with Crippen molar-refractivity contribution in [3.05, 3.63) is 0 Å². The predicted octanol–water partition coefficient (Wildman–Crippen LogP) is -1.04. The second-order valence-electron chi connectivity index (χ2n) is 4.19. The van der Waals surface area contributed by atoms with E-state index in [1.165, 1.54) is 7.11 Å². The van der Waals surface area contributed by atoms with Crippen LogP contribution in [0.4, 0.5) is 4.79 Å². The van der Waals surface area contributed by atoms with Crippen molar-refractivity contribution >= 4 is 23.9 Å². The first-order valence-electron chi connectivity index (χ1n) is 5.91. The number of ether oxygens (including phenoxy) is 1. The molecule has 0 saturated heterocycles. The maximum Gasteiger partial charge on any atom is 0.326 e. The van der Waals surface area contributed by atoms with Crippen LogP contribution in [0, 0.1) is 0 Å². The number of hydrogen-bond donors (Lipinski definition) is 4. The van der Waals surface area contributed by atoms with Gasteiger partial charge in [-0.1, -0.05) is 0 Å². The molecule has 0 radical (unpaired) electrons. The highest BCUT2D eigenvalue weighted by Gasteiger charge is 2.22. The molecule has 0 aliphatic heterocycles. The van der Waals surface area contributed by atoms with E-state index < -0.39 is 36.0 Å². The lowest BCUT2D eigenvalue weighted by molar-refractivity contribution is -0.142. The van der Waals surface area contributed by atoms with Crippen LogP contribution >= 0.6 is 0 Å². The van der Waals surface area contributed by atoms with Gasteiger partial charge in [0.2, 0.25) is 5.91 Å². The van der Waals surface area contributed by atoms with E-state index in [0.29, 0.717) is 0 Å². The first-order chi connectivity index (χ1) is 9.26. The zero-order valence-electron chi connectivity index (χ0n) is 11.3. The summed E-state index contributed by atoms with van der Waals surface area (Å²) in [4.78, 5) is 44.0. The summed E-state index contributed by atoms with van der Waals surface area (Å²) in [5.74, 6) is -2.43. The van der Waals surface area contributed by atoms with Crippen LogP contribution in [0.25, 0.3) is 0 Å². The normalized spacial score (nSPS) is 12.9. The van der Waals surface area contributed by atoms with Gasteiger partial charge in [-0.05, 0) is 13.3 Å². The Morgan fingerprint density at radius 2 is 1.85 bits per heavy atom. The fourth-order valence-corrected chi connectivity index (χ4v) is 1.40. The number of methoxy groups -OCH3 is 1. The number of primary amides is 1. The molecule has 1 unspecified atom stereocenters. The summed E-state index contributed by atoms with van der Waals surface area (Å²) in [6.45, 7) is 1.55. The number of nitrogens with two attached hydrogens (primary N) is 1. The van der Waals surface area contributed by atoms with Gasteiger partial charge in [-0.15, -0.1) is 0 Å². The monoisotopic (exact) mass is 289 g/mol. The van der Waals surface area contributed by atoms with E-state index in [0.717, 1.165) is 0 Å². The van der Waals surface area contributed by atoms with Gasteiger partial charge in [0.05, 0.1) is 7.11 Å². The molecule has 0 aliphatic rings. The molecule has 0 fully saturated rings. The van der Waals surface area contributed by atoms with Crippen LogP contribution in [-0.2, 0) is 19.1 Å². The van der Waals surface area contributed by atoms with Crippen molar-refractivity contribution in [3.8, 4) is 0 Å². The van der Waals surface area contributed by atoms with E-state index in [1.54, 1.807) is 6.92 Å². The molecule has 0 aliphatic carbocycles. The third kappa shape index (κ3) is 7.90. The van der Waals surface area contributed by atoms with Crippen LogP contribution in [0.1, 0.15) is 26.2 Å². The van der Waals surface area contributed by atoms with E-state index >= 15 is 0 Å². The van der Waals surface area contributed by atoms with Gasteiger partial charge >= 0.3 is 18.0 Å². The van der Waals surface area contributed by atoms with Crippen molar-refractivity contribution in [2.75, 3.05) is 7.11 Å². The van der Waals surface area contributed by atoms with Crippen LogP contribution in [0.15, 0.2) is 0 Å². The van der Waals surface area contributed by atoms with Crippen molar-refractivity contribution in [2.24, 2.45) is 5.73 Å². The number of carbonyl (C=O) groups is 4. The van der Waals surface area contributed by atoms with E-state index in [9.17, 15) is 19.2 Å². The first kappa shape index (κ1) is 17.7. The zero-order valence-corrected chi connectivity index (χ0v) is 11.3. The number of hydrogen-bond acceptors (Lipinski definition) is 5. The Hall–Kier alpha value is -2.32. The summed E-state index contributed by atoms with van der Waals surface area (Å²) in [5, 5.41) is 13.5. The van der Waals surface area contributed by atoms with Crippen molar-refractivity contribution in [3.63, 3.8) is 0 Å². The molecule has 0 heterocycles. The maximum atomic E-state index is 11.5. The third-order valence-electron chi connectivity index (χ3n) is 2.35. The Morgan fingerprint density at radius 1 is 1.25 bits per heavy atom. The summed E-state index contributed by atoms with van der Waals surface area (Å²) in [7, 11) is 1.18. The molecular weight excluding hydrogens is 270 g/mol. The molecule has 114 valence electrons. The van der Waals surface area contributed by atoms with Crippen LogP contribution in [0.2, 0.25) is 0 Å². The fraction of sp³-hybridized carbons (Fsp3) is 0.636. The highest BCUT2D eigenvalue weighted by Crippen LogP contribution is 2.00. The average Bonchev–Trinajstić information content (AvgIpc) is 2.32. The molecule has 0 aromatic rings. The summed E-state index contributed by atoms with van der Waals surface area (Å²) < 4.78 is 4.38. The van der Waals surface area contributed by atoms with Crippen molar-refractivity contribution in [1.29, 1.82) is 0 Å². The molecule has 0 bridgehead atoms. The Kier molecular flexibility index (Phi) is 7.71. The highest BCUT2D eigenvalue weighted by atomic mass is 16.5. The Labute approximate surface area is 115 Å². The van der Waals surface area contributed by atoms with Crippen LogP contribution in [0.5, 0.6) is 0 Å². The fourth-order valence-electron chi connectivity index (χ4n) is 1.40. The molecule has 0 spiro atoms. The largest absolute Gasteiger partial charge is 0.480 e. The quantitative estimate of drug-likeness (QED) is 0.419. The van der Waals surface area contributed by atoms with Crippen molar-refractivity contribution in [1.82, 2.24) is 10.6 Å². The zero-order chi connectivity index (χ0) is 15.7. The third-order valence-corrected chi connectivity index (χ3v) is 2.35. The topological polar surface area (TPSA) is 148 Å². The van der Waals surface area contributed by atoms with Gasteiger partial charge in [-0.25, -0.2) is 9.59 Å². The number of carbonyl (C=O) groups excluding carboxylic acids is 3. The number of nitrogens with one attached hydrogen (secondary N) is 2. The molecule has 20 heavy (non-hydrogen) atoms. The van der Waals surface area contributed by atoms with Gasteiger partial charge in [0.15, 0.2) is 0 Å². The Morgan fingerprint density at radius 3 is 2.30 bits per heavy atom. The summed E-state index contributed by atoms with van der Waals surface area (Å²) in [6, 6.07) is -2.51. The van der Waals surface area contributed by atoms with E-state index in [-0.39, 0.29) is 19.3 Å². The van der Waals surface area contributed by atoms with Gasteiger partial charge < -0.3 is 26.2 Å². The predicted molar refractivity (Wildman–Crippen MR) is 67.6 cm³/mol. The first-order valence-corrected chi connectivity index (χ1v) is 5.91. The molecule has 0 saturated carbocycles. The van der Waals surface area contributed by atoms with Gasteiger partial charge in [0, 0.05) is 18.9 Å². The SMILES string of the molecule is COC(=O)CC[C@H](NC(=O)NC(C)CC(N)=O)C(=O)O. The standard InChI is InChI=1S/C11H19N3O6/c1-6(5-8(12)15)13-11(19)14-7(10(17)18)3-4-9(16)20-2/h6-7H,3-5H2,1-2H3,(H2,12,15)(H,17,18)(H2,13,14,19)/t6?,7-/m0/s1. The van der Waals surface area contributed by atoms with Crippen molar-refractivity contribution < 1.29 is 29.0 Å². The smallest absolute Gasteiger partial charge is 0.326 e. The number of amides is 3. The van der Waals surface area contributed by atoms with Gasteiger partial charge in [-0.2, -0.15) is 0 Å². The number of rotatable bonds is 8. The molecule has 9 nitrogen and oxygen atoms in total. The Bertz CT molecular complexity index is 384. The second-order valence-corrected chi connectivity index (χ2v) is 4.19. The molecule has 2 atom stereocenters. The van der Waals surface area contributed by atoms with E-state index in [4.69, 9.17) is 10.8 Å². The number of aliphatic carboxylic acids is 1. The number of carboxylic acid groups (broad SMARTS) is 1. The molecule has 0 aromatic carbocycles. The van der Waals surface area contributed by atoms with Crippen LogP contribution in [0.3, 0.4) is 0 Å². The minimum Gasteiger partial charge on any atom is -0.480 e. The van der Waals surface area contributed by atoms with Gasteiger partial charge in [-0.3, -0.25) is 9.59 Å². The minimum atomic E-state index is -1.27. The van der Waals surface area contributed by atoms with Gasteiger partial charge in [0.1, 0.15) is 6.04 Å². The lowest BCUT2D eigenvalue weighted by atomic mass is 10.1. The summed E-state index contributed by atoms with van der Waals surface area (Å²) >= 11 is 0. The van der Waals surface area contributed by atoms with Gasteiger partial charge in [0.25, 0.3) is 0 Å². The number of carboxylic acids is 1. The average molecular weight is 289 g/mol. The molecule has 5 N–H and O–H groups in total. The molecular formula is C11H19N3O6. The molecule has 0 aromatic heterocycles. The minimum absolute atomic E-state index is 0.0622. The lowest BCUT2D eigenvalue weighted by Gasteiger charge is -2.17. The van der Waals surface area contributed by atoms with Crippen LogP contribution in [-0.4, -0.2) is 48.2 Å². The van der Waals surface area contributed by atoms with E-state index in [1.807, 2.05) is 0 Å². The van der Waals surface area contributed by atoms with Crippen molar-refractivity contribution in [2.45, 2.75) is 38.3 Å². The Balaban J connectivity index is 4.30. The molecule has 0 rings (SSSR count). The molecule has 3 amide bonds. The summed E-state index contributed by atoms with van der Waals surface area (Å²) in [6.07, 6.45) is -0.294. The summed E-state index contributed by atoms with van der Waals surface area (Å²) in [5.41, 5.74) is 4.96. The number of esters is 1. The molecule has 9 heteroatoms.